The molecular weight excluding hydrogens is 513 g/mol. The zero-order valence-corrected chi connectivity index (χ0v) is 22.9. The van der Waals surface area contributed by atoms with Crippen LogP contribution >= 0.6 is 0 Å². The molecule has 1 heterocycles. The van der Waals surface area contributed by atoms with Crippen molar-refractivity contribution in [1.29, 1.82) is 0 Å². The van der Waals surface area contributed by atoms with Crippen LogP contribution in [0.4, 0.5) is 24.8 Å². The highest BCUT2D eigenvalue weighted by atomic mass is 19.4. The summed E-state index contributed by atoms with van der Waals surface area (Å²) in [4.78, 5) is 20.4. The highest BCUT2D eigenvalue weighted by molar-refractivity contribution is 5.90. The van der Waals surface area contributed by atoms with Gasteiger partial charge in [-0.15, -0.1) is 0 Å². The number of halogens is 3. The molecule has 5 rings (SSSR count). The molecular formula is C32H37F3N4O. The number of benzene rings is 2. The maximum absolute atomic E-state index is 13.8. The van der Waals surface area contributed by atoms with Gasteiger partial charge >= 0.3 is 6.18 Å². The summed E-state index contributed by atoms with van der Waals surface area (Å²) >= 11 is 0. The third kappa shape index (κ3) is 6.16. The molecule has 0 radical (unpaired) electrons. The minimum Gasteiger partial charge on any atom is -0.369 e. The van der Waals surface area contributed by atoms with Crippen LogP contribution in [-0.2, 0) is 29.2 Å². The van der Waals surface area contributed by atoms with Gasteiger partial charge in [0, 0.05) is 11.9 Å². The van der Waals surface area contributed by atoms with Gasteiger partial charge in [-0.1, -0.05) is 56.2 Å². The number of primary amides is 1. The van der Waals surface area contributed by atoms with Crippen molar-refractivity contribution in [3.8, 4) is 0 Å². The summed E-state index contributed by atoms with van der Waals surface area (Å²) in [5.74, 6) is 1.14. The second kappa shape index (κ2) is 11.6. The van der Waals surface area contributed by atoms with Crippen LogP contribution in [-0.4, -0.2) is 15.9 Å². The number of carbonyl (C=O) groups is 1. The van der Waals surface area contributed by atoms with Crippen molar-refractivity contribution in [3.63, 3.8) is 0 Å². The lowest BCUT2D eigenvalue weighted by molar-refractivity contribution is -0.138. The van der Waals surface area contributed by atoms with Gasteiger partial charge in [-0.25, -0.2) is 9.97 Å². The molecule has 2 aliphatic carbocycles. The van der Waals surface area contributed by atoms with Crippen LogP contribution in [0.3, 0.4) is 0 Å². The maximum Gasteiger partial charge on any atom is 0.419 e. The average molecular weight is 551 g/mol. The number of aryl methyl sites for hydroxylation is 2. The maximum atomic E-state index is 13.8. The van der Waals surface area contributed by atoms with Gasteiger partial charge in [-0.3, -0.25) is 4.79 Å². The summed E-state index contributed by atoms with van der Waals surface area (Å²) in [7, 11) is 0. The molecule has 0 unspecified atom stereocenters. The fourth-order valence-electron chi connectivity index (χ4n) is 6.30. The van der Waals surface area contributed by atoms with E-state index >= 15 is 0 Å². The number of hydrogen-bond acceptors (Lipinski definition) is 4. The van der Waals surface area contributed by atoms with Gasteiger partial charge in [-0.2, -0.15) is 13.2 Å². The molecule has 2 aromatic carbocycles. The predicted octanol–water partition coefficient (Wildman–Crippen LogP) is 7.62. The van der Waals surface area contributed by atoms with Crippen molar-refractivity contribution in [2.45, 2.75) is 88.6 Å². The van der Waals surface area contributed by atoms with Gasteiger partial charge in [-0.05, 0) is 92.0 Å². The normalized spacial score (nSPS) is 20.2. The Bertz CT molecular complexity index is 1330. The molecule has 5 nitrogen and oxygen atoms in total. The minimum absolute atomic E-state index is 0.0531. The number of rotatable bonds is 10. The van der Waals surface area contributed by atoms with E-state index in [0.29, 0.717) is 25.2 Å². The number of alkyl halides is 3. The summed E-state index contributed by atoms with van der Waals surface area (Å²) in [6.45, 7) is 2.25. The Kier molecular flexibility index (Phi) is 8.15. The number of amides is 1. The van der Waals surface area contributed by atoms with E-state index in [1.807, 2.05) is 36.4 Å². The Morgan fingerprint density at radius 3 is 2.35 bits per heavy atom. The van der Waals surface area contributed by atoms with Crippen LogP contribution in [0.1, 0.15) is 92.2 Å². The molecule has 2 saturated carbocycles. The van der Waals surface area contributed by atoms with E-state index < -0.39 is 17.2 Å². The zero-order valence-electron chi connectivity index (χ0n) is 22.9. The summed E-state index contributed by atoms with van der Waals surface area (Å²) < 4.78 is 41.5. The average Bonchev–Trinajstić information content (AvgIpc) is 3.75. The Labute approximate surface area is 233 Å². The number of nitrogens with one attached hydrogen (secondary N) is 1. The smallest absolute Gasteiger partial charge is 0.369 e. The Morgan fingerprint density at radius 1 is 1.02 bits per heavy atom. The van der Waals surface area contributed by atoms with Crippen molar-refractivity contribution in [2.75, 3.05) is 5.32 Å². The topological polar surface area (TPSA) is 80.9 Å². The van der Waals surface area contributed by atoms with Crippen LogP contribution < -0.4 is 11.1 Å². The van der Waals surface area contributed by atoms with Crippen molar-refractivity contribution < 1.29 is 18.0 Å². The first-order valence-corrected chi connectivity index (χ1v) is 14.4. The standard InChI is InChI=1S/C32H37F3N4O/c1-2-5-21-8-10-22(11-9-21)23-12-15-25(16-13-23)38-30-37-20-27(32(33,34)35)28(39-30)17-14-24-6-3-4-7-26(24)31(18-19-31)29(36)40/h3-4,6-7,12-13,15-16,20-22H,2,5,8-11,14,17-19H2,1H3,(H2,36,40)(H,37,38,39). The van der Waals surface area contributed by atoms with Crippen molar-refractivity contribution in [3.05, 3.63) is 82.7 Å². The van der Waals surface area contributed by atoms with E-state index in [2.05, 4.69) is 34.3 Å². The molecule has 2 aliphatic rings. The molecule has 0 bridgehead atoms. The lowest BCUT2D eigenvalue weighted by Crippen LogP contribution is -2.29. The number of nitrogens with two attached hydrogens (primary N) is 1. The van der Waals surface area contributed by atoms with E-state index in [1.54, 1.807) is 0 Å². The number of anilines is 2. The first kappa shape index (κ1) is 28.1. The molecule has 3 aromatic rings. The van der Waals surface area contributed by atoms with Crippen molar-refractivity contribution >= 4 is 17.5 Å². The molecule has 40 heavy (non-hydrogen) atoms. The third-order valence-electron chi connectivity index (χ3n) is 8.74. The van der Waals surface area contributed by atoms with Gasteiger partial charge in [0.1, 0.15) is 0 Å². The SMILES string of the molecule is CCCC1CCC(c2ccc(Nc3ncc(C(F)(F)F)c(CCc4ccccc4C4(C(N)=O)CC4)n3)cc2)CC1. The molecule has 0 saturated heterocycles. The van der Waals surface area contributed by atoms with Crippen LogP contribution in [0.15, 0.2) is 54.7 Å². The molecule has 8 heteroatoms. The van der Waals surface area contributed by atoms with Gasteiger partial charge in [0.05, 0.1) is 16.7 Å². The van der Waals surface area contributed by atoms with Crippen LogP contribution in [0.2, 0.25) is 0 Å². The number of carbonyl (C=O) groups excluding carboxylic acids is 1. The molecule has 1 aromatic heterocycles. The summed E-state index contributed by atoms with van der Waals surface area (Å²) in [5.41, 5.74) is 7.70. The molecule has 2 fully saturated rings. The molecule has 0 aliphatic heterocycles. The number of aromatic nitrogens is 2. The van der Waals surface area contributed by atoms with Gasteiger partial charge < -0.3 is 11.1 Å². The highest BCUT2D eigenvalue weighted by Gasteiger charge is 2.50. The monoisotopic (exact) mass is 550 g/mol. The second-order valence-corrected chi connectivity index (χ2v) is 11.4. The van der Waals surface area contributed by atoms with Gasteiger partial charge in [0.25, 0.3) is 0 Å². The summed E-state index contributed by atoms with van der Waals surface area (Å²) in [6, 6.07) is 15.5. The predicted molar refractivity (Wildman–Crippen MR) is 150 cm³/mol. The minimum atomic E-state index is -4.57. The molecule has 1 amide bonds. The quantitative estimate of drug-likeness (QED) is 0.272. The zero-order chi connectivity index (χ0) is 28.3. The molecule has 3 N–H and O–H groups in total. The Morgan fingerprint density at radius 2 is 1.73 bits per heavy atom. The Hall–Kier alpha value is -3.42. The van der Waals surface area contributed by atoms with E-state index in [0.717, 1.165) is 28.9 Å². The molecule has 0 spiro atoms. The largest absolute Gasteiger partial charge is 0.419 e. The van der Waals surface area contributed by atoms with E-state index in [-0.39, 0.29) is 24.0 Å². The van der Waals surface area contributed by atoms with Crippen LogP contribution in [0.25, 0.3) is 0 Å². The van der Waals surface area contributed by atoms with Crippen LogP contribution in [0.5, 0.6) is 0 Å². The fraction of sp³-hybridized carbons (Fsp3) is 0.469. The van der Waals surface area contributed by atoms with Gasteiger partial charge in [0.2, 0.25) is 11.9 Å². The number of hydrogen-bond donors (Lipinski definition) is 2. The second-order valence-electron chi connectivity index (χ2n) is 11.4. The van der Waals surface area contributed by atoms with E-state index in [4.69, 9.17) is 5.73 Å². The summed E-state index contributed by atoms with van der Waals surface area (Å²) in [6.07, 6.45) is 5.46. The molecule has 0 atom stereocenters. The molecule has 212 valence electrons. The highest BCUT2D eigenvalue weighted by Crippen LogP contribution is 2.49. The summed E-state index contributed by atoms with van der Waals surface area (Å²) in [5, 5.41) is 3.08. The lowest BCUT2D eigenvalue weighted by Gasteiger charge is -2.28. The number of nitrogens with zero attached hydrogens (tertiary/aromatic N) is 2. The Balaban J connectivity index is 1.30. The van der Waals surface area contributed by atoms with Crippen molar-refractivity contribution in [2.24, 2.45) is 11.7 Å². The van der Waals surface area contributed by atoms with E-state index in [1.165, 1.54) is 44.1 Å². The van der Waals surface area contributed by atoms with Crippen molar-refractivity contribution in [1.82, 2.24) is 9.97 Å². The van der Waals surface area contributed by atoms with Gasteiger partial charge in [0.15, 0.2) is 0 Å². The van der Waals surface area contributed by atoms with E-state index in [9.17, 15) is 18.0 Å². The van der Waals surface area contributed by atoms with Crippen LogP contribution in [0, 0.1) is 5.92 Å². The fourth-order valence-corrected chi connectivity index (χ4v) is 6.30. The lowest BCUT2D eigenvalue weighted by atomic mass is 9.77. The third-order valence-corrected chi connectivity index (χ3v) is 8.74. The first-order valence-electron chi connectivity index (χ1n) is 14.4. The first-order chi connectivity index (χ1) is 19.2.